The van der Waals surface area contributed by atoms with Crippen molar-refractivity contribution in [2.24, 2.45) is 0 Å². The van der Waals surface area contributed by atoms with Gasteiger partial charge in [-0.1, -0.05) is 54.1 Å². The van der Waals surface area contributed by atoms with Crippen LogP contribution >= 0.6 is 0 Å². The van der Waals surface area contributed by atoms with E-state index in [4.69, 9.17) is 24.5 Å². The van der Waals surface area contributed by atoms with Crippen molar-refractivity contribution in [3.63, 3.8) is 0 Å². The maximum atomic E-state index is 6.69. The number of hydrogen-bond donors (Lipinski definition) is 0. The van der Waals surface area contributed by atoms with Crippen molar-refractivity contribution in [2.75, 3.05) is 7.11 Å². The number of ether oxygens (including phenoxy) is 2. The molecule has 0 fully saturated rings. The van der Waals surface area contributed by atoms with Crippen LogP contribution in [0.3, 0.4) is 0 Å². The third kappa shape index (κ3) is 5.86. The first-order valence-corrected chi connectivity index (χ1v) is 17.4. The highest BCUT2D eigenvalue weighted by Crippen LogP contribution is 2.42. The molecule has 0 atom stereocenters. The van der Waals surface area contributed by atoms with Crippen molar-refractivity contribution >= 4 is 21.8 Å². The fourth-order valence-corrected chi connectivity index (χ4v) is 6.94. The Kier molecular flexibility index (Phi) is 7.97. The molecule has 0 spiro atoms. The third-order valence-corrected chi connectivity index (χ3v) is 9.44. The standard InChI is InChI=1S/C45H34N6O2/c1-29-11-13-31(14-12-29)43-44(32-18-21-46-22-19-32)49-51(45(43)39-9-6-7-20-47-39)33-25-35(52-3)27-36(26-33)53-34-15-16-38-37-8-4-5-10-40(37)50(41(38)28-34)42-24-30(2)17-23-48-42/h4-28H,1-3H3. The zero-order valence-electron chi connectivity index (χ0n) is 29.4. The number of hydrogen-bond acceptors (Lipinski definition) is 6. The summed E-state index contributed by atoms with van der Waals surface area (Å²) in [6.07, 6.45) is 7.23. The SMILES string of the molecule is COc1cc(Oc2ccc3c4ccccc4n(-c4cc(C)ccn4)c3c2)cc(-n2nc(-c3ccncc3)c(-c3ccc(C)cc3)c2-c2ccccn2)c1. The van der Waals surface area contributed by atoms with E-state index in [2.05, 4.69) is 90.1 Å². The molecule has 0 aliphatic rings. The molecule has 0 aliphatic carbocycles. The zero-order valence-corrected chi connectivity index (χ0v) is 29.4. The number of fused-ring (bicyclic) bond motifs is 3. The van der Waals surface area contributed by atoms with Gasteiger partial charge in [-0.05, 0) is 79.6 Å². The van der Waals surface area contributed by atoms with E-state index < -0.39 is 0 Å². The second-order valence-corrected chi connectivity index (χ2v) is 13.0. The third-order valence-electron chi connectivity index (χ3n) is 9.44. The Morgan fingerprint density at radius 3 is 2.15 bits per heavy atom. The first-order chi connectivity index (χ1) is 26.0. The predicted octanol–water partition coefficient (Wildman–Crippen LogP) is 10.6. The van der Waals surface area contributed by atoms with Crippen LogP contribution in [0.1, 0.15) is 11.1 Å². The lowest BCUT2D eigenvalue weighted by atomic mass is 9.97. The Morgan fingerprint density at radius 1 is 0.566 bits per heavy atom. The number of pyridine rings is 3. The van der Waals surface area contributed by atoms with Crippen molar-refractivity contribution in [3.05, 3.63) is 163 Å². The van der Waals surface area contributed by atoms with Gasteiger partial charge in [0, 0.05) is 71.0 Å². The van der Waals surface area contributed by atoms with Gasteiger partial charge < -0.3 is 9.47 Å². The monoisotopic (exact) mass is 690 g/mol. The van der Waals surface area contributed by atoms with Gasteiger partial charge in [0.25, 0.3) is 0 Å². The predicted molar refractivity (Wildman–Crippen MR) is 210 cm³/mol. The van der Waals surface area contributed by atoms with E-state index in [1.54, 1.807) is 25.7 Å². The number of nitrogens with zero attached hydrogens (tertiary/aromatic N) is 6. The highest BCUT2D eigenvalue weighted by atomic mass is 16.5. The van der Waals surface area contributed by atoms with Gasteiger partial charge in [0.05, 0.1) is 29.5 Å². The van der Waals surface area contributed by atoms with E-state index in [0.29, 0.717) is 17.2 Å². The molecule has 0 saturated heterocycles. The quantitative estimate of drug-likeness (QED) is 0.158. The molecule has 0 aliphatic heterocycles. The summed E-state index contributed by atoms with van der Waals surface area (Å²) in [6.45, 7) is 4.17. The minimum absolute atomic E-state index is 0.597. The van der Waals surface area contributed by atoms with Gasteiger partial charge >= 0.3 is 0 Å². The number of benzene rings is 4. The number of para-hydroxylation sites is 1. The summed E-state index contributed by atoms with van der Waals surface area (Å²) in [5, 5.41) is 7.56. The van der Waals surface area contributed by atoms with Gasteiger partial charge in [0.15, 0.2) is 0 Å². The van der Waals surface area contributed by atoms with Crippen molar-refractivity contribution < 1.29 is 9.47 Å². The van der Waals surface area contributed by atoms with Gasteiger partial charge in [-0.3, -0.25) is 14.5 Å². The molecule has 8 heteroatoms. The number of aryl methyl sites for hydroxylation is 2. The normalized spacial score (nSPS) is 11.3. The van der Waals surface area contributed by atoms with E-state index in [1.165, 1.54) is 5.56 Å². The molecular weight excluding hydrogens is 657 g/mol. The van der Waals surface area contributed by atoms with Crippen LogP contribution < -0.4 is 9.47 Å². The van der Waals surface area contributed by atoms with Crippen LogP contribution in [0.2, 0.25) is 0 Å². The van der Waals surface area contributed by atoms with Gasteiger partial charge in [0.2, 0.25) is 0 Å². The summed E-state index contributed by atoms with van der Waals surface area (Å²) >= 11 is 0. The lowest BCUT2D eigenvalue weighted by Crippen LogP contribution is -2.02. The number of aromatic nitrogens is 6. The van der Waals surface area contributed by atoms with Crippen LogP contribution in [0.25, 0.3) is 67.1 Å². The summed E-state index contributed by atoms with van der Waals surface area (Å²) in [7, 11) is 1.66. The lowest BCUT2D eigenvalue weighted by molar-refractivity contribution is 0.408. The maximum absolute atomic E-state index is 6.69. The molecular formula is C45H34N6O2. The summed E-state index contributed by atoms with van der Waals surface area (Å²) < 4.78 is 16.7. The van der Waals surface area contributed by atoms with Crippen LogP contribution in [-0.2, 0) is 0 Å². The van der Waals surface area contributed by atoms with Crippen molar-refractivity contribution in [1.82, 2.24) is 29.3 Å². The average molecular weight is 691 g/mol. The Labute approximate surface area is 306 Å². The largest absolute Gasteiger partial charge is 0.497 e. The number of methoxy groups -OCH3 is 1. The number of rotatable bonds is 8. The maximum Gasteiger partial charge on any atom is 0.137 e. The molecule has 0 amide bonds. The molecule has 5 heterocycles. The molecule has 5 aromatic heterocycles. The summed E-state index contributed by atoms with van der Waals surface area (Å²) in [5.41, 5.74) is 10.5. The molecule has 256 valence electrons. The van der Waals surface area contributed by atoms with E-state index in [9.17, 15) is 0 Å². The summed E-state index contributed by atoms with van der Waals surface area (Å²) in [6, 6.07) is 42.9. The van der Waals surface area contributed by atoms with E-state index >= 15 is 0 Å². The Bertz CT molecular complexity index is 2750. The van der Waals surface area contributed by atoms with Crippen molar-refractivity contribution in [1.29, 1.82) is 0 Å². The minimum Gasteiger partial charge on any atom is -0.497 e. The highest BCUT2D eigenvalue weighted by molar-refractivity contribution is 6.09. The van der Waals surface area contributed by atoms with Crippen LogP contribution in [0.15, 0.2) is 152 Å². The Morgan fingerprint density at radius 2 is 1.36 bits per heavy atom. The van der Waals surface area contributed by atoms with Gasteiger partial charge in [-0.25, -0.2) is 9.67 Å². The van der Waals surface area contributed by atoms with Crippen molar-refractivity contribution in [3.8, 4) is 62.5 Å². The van der Waals surface area contributed by atoms with Crippen LogP contribution in [0.5, 0.6) is 17.2 Å². The molecule has 53 heavy (non-hydrogen) atoms. The molecule has 9 aromatic rings. The lowest BCUT2D eigenvalue weighted by Gasteiger charge is -2.14. The Balaban J connectivity index is 1.22. The Hall–Kier alpha value is -7.06. The van der Waals surface area contributed by atoms with Crippen molar-refractivity contribution in [2.45, 2.75) is 13.8 Å². The minimum atomic E-state index is 0.597. The van der Waals surface area contributed by atoms with E-state index in [0.717, 1.165) is 72.6 Å². The van der Waals surface area contributed by atoms with Gasteiger partial charge in [-0.15, -0.1) is 0 Å². The molecule has 9 rings (SSSR count). The van der Waals surface area contributed by atoms with E-state index in [-0.39, 0.29) is 0 Å². The molecule has 0 unspecified atom stereocenters. The molecule has 8 nitrogen and oxygen atoms in total. The zero-order chi connectivity index (χ0) is 35.9. The fourth-order valence-electron chi connectivity index (χ4n) is 6.94. The molecule has 0 bridgehead atoms. The van der Waals surface area contributed by atoms with Gasteiger partial charge in [0.1, 0.15) is 34.5 Å². The first kappa shape index (κ1) is 31.9. The second-order valence-electron chi connectivity index (χ2n) is 13.0. The van der Waals surface area contributed by atoms with Crippen LogP contribution in [-0.4, -0.2) is 36.4 Å². The van der Waals surface area contributed by atoms with E-state index in [1.807, 2.05) is 71.5 Å². The molecule has 0 N–H and O–H groups in total. The average Bonchev–Trinajstić information content (AvgIpc) is 3.75. The van der Waals surface area contributed by atoms with Gasteiger partial charge in [-0.2, -0.15) is 5.10 Å². The summed E-state index contributed by atoms with van der Waals surface area (Å²) in [4.78, 5) is 13.8. The van der Waals surface area contributed by atoms with Crippen LogP contribution in [0.4, 0.5) is 0 Å². The molecule has 0 saturated carbocycles. The highest BCUT2D eigenvalue weighted by Gasteiger charge is 2.25. The first-order valence-electron chi connectivity index (χ1n) is 17.4. The fraction of sp³-hybridized carbons (Fsp3) is 0.0667. The summed E-state index contributed by atoms with van der Waals surface area (Å²) in [5.74, 6) is 2.75. The molecule has 0 radical (unpaired) electrons. The second kappa shape index (κ2) is 13.2. The molecule has 4 aromatic carbocycles. The smallest absolute Gasteiger partial charge is 0.137 e. The van der Waals surface area contributed by atoms with Crippen LogP contribution in [0, 0.1) is 13.8 Å². The topological polar surface area (TPSA) is 79.9 Å².